The summed E-state index contributed by atoms with van der Waals surface area (Å²) in [6.07, 6.45) is -0.679. The molecule has 0 aromatic rings. The molecule has 4 nitrogen and oxygen atoms in total. The van der Waals surface area contributed by atoms with E-state index in [2.05, 4.69) is 5.32 Å². The fourth-order valence-electron chi connectivity index (χ4n) is 0.659. The molecule has 82 valence electrons. The van der Waals surface area contributed by atoms with Gasteiger partial charge in [0.25, 0.3) is 0 Å². The molecule has 2 N–H and O–H groups in total. The molecule has 0 spiro atoms. The van der Waals surface area contributed by atoms with E-state index in [-0.39, 0.29) is 0 Å². The molecule has 0 aromatic heterocycles. The number of hydrogen-bond acceptors (Lipinski definition) is 3. The molecule has 0 atom stereocenters. The number of ether oxygens (including phenoxy) is 1. The van der Waals surface area contributed by atoms with Crippen LogP contribution in [0.3, 0.4) is 0 Å². The highest BCUT2D eigenvalue weighted by Crippen LogP contribution is 2.16. The Balaban J connectivity index is 4.43. The average molecular weight is 209 g/mol. The number of rotatable bonds is 2. The third-order valence-electron chi connectivity index (χ3n) is 1.81. The Kier molecular flexibility index (Phi) is 3.91. The van der Waals surface area contributed by atoms with Crippen LogP contribution < -0.4 is 5.32 Å². The minimum atomic E-state index is -2.01. The van der Waals surface area contributed by atoms with Gasteiger partial charge in [0, 0.05) is 10.9 Å². The molecular weight excluding hydrogens is 192 g/mol. The highest BCUT2D eigenvalue weighted by Gasteiger charge is 2.36. The van der Waals surface area contributed by atoms with E-state index in [1.165, 1.54) is 13.8 Å². The Labute approximate surface area is 93.6 Å². The van der Waals surface area contributed by atoms with Crippen LogP contribution in [0.15, 0.2) is 0 Å². The van der Waals surface area contributed by atoms with E-state index >= 15 is 0 Å². The van der Waals surface area contributed by atoms with Crippen LogP contribution in [0.25, 0.3) is 0 Å². The van der Waals surface area contributed by atoms with Crippen LogP contribution in [-0.2, 0) is 4.74 Å². The van der Waals surface area contributed by atoms with Gasteiger partial charge in [-0.05, 0) is 34.6 Å². The first-order valence-electron chi connectivity index (χ1n) is 4.66. The quantitative estimate of drug-likeness (QED) is 0.641. The van der Waals surface area contributed by atoms with Gasteiger partial charge in [-0.25, -0.2) is 4.79 Å². The molecule has 4 radical (unpaired) electrons. The maximum absolute atomic E-state index is 11.4. The summed E-state index contributed by atoms with van der Waals surface area (Å²) in [7, 11) is 10.6. The lowest BCUT2D eigenvalue weighted by molar-refractivity contribution is 0.0354. The third kappa shape index (κ3) is 5.11. The largest absolute Gasteiger partial charge is 0.444 e. The fraction of sp³-hybridized carbons (Fsp3) is 0.889. The van der Waals surface area contributed by atoms with Crippen molar-refractivity contribution in [2.24, 2.45) is 0 Å². The van der Waals surface area contributed by atoms with Crippen LogP contribution in [0, 0.1) is 0 Å². The summed E-state index contributed by atoms with van der Waals surface area (Å²) in [6, 6.07) is 0. The highest BCUT2D eigenvalue weighted by atomic mass is 16.6. The van der Waals surface area contributed by atoms with Crippen molar-refractivity contribution in [1.82, 2.24) is 5.32 Å². The molecule has 6 heteroatoms. The van der Waals surface area contributed by atoms with Gasteiger partial charge in [0.2, 0.25) is 0 Å². The minimum absolute atomic E-state index is 0.610. The van der Waals surface area contributed by atoms with Crippen molar-refractivity contribution >= 4 is 21.8 Å². The van der Waals surface area contributed by atoms with Crippen molar-refractivity contribution in [2.75, 3.05) is 0 Å². The predicted molar refractivity (Wildman–Crippen MR) is 59.9 cm³/mol. The zero-order chi connectivity index (χ0) is 12.5. The van der Waals surface area contributed by atoms with Crippen LogP contribution in [0.1, 0.15) is 34.6 Å². The molecule has 0 unspecified atom stereocenters. The van der Waals surface area contributed by atoms with Crippen LogP contribution in [0.2, 0.25) is 0 Å². The molecule has 0 saturated heterocycles. The smallest absolute Gasteiger partial charge is 0.408 e. The summed E-state index contributed by atoms with van der Waals surface area (Å²) in [4.78, 5) is 11.4. The number of carbonyl (C=O) groups is 1. The zero-order valence-electron chi connectivity index (χ0n) is 9.92. The van der Waals surface area contributed by atoms with Gasteiger partial charge < -0.3 is 15.2 Å². The lowest BCUT2D eigenvalue weighted by Gasteiger charge is -2.39. The Morgan fingerprint density at radius 3 is 1.87 bits per heavy atom. The van der Waals surface area contributed by atoms with Crippen molar-refractivity contribution in [3.05, 3.63) is 0 Å². The summed E-state index contributed by atoms with van der Waals surface area (Å²) < 4.78 is 5.00. The monoisotopic (exact) mass is 209 g/mol. The Morgan fingerprint density at radius 2 is 1.60 bits per heavy atom. The molecule has 0 bridgehead atoms. The van der Waals surface area contributed by atoms with Crippen LogP contribution in [-0.4, -0.2) is 43.4 Å². The molecule has 15 heavy (non-hydrogen) atoms. The molecule has 0 aromatic carbocycles. The highest BCUT2D eigenvalue weighted by molar-refractivity contribution is 6.39. The first kappa shape index (κ1) is 14.4. The SMILES string of the molecule is [B]C([B])(O)C(C)(C)NC(=O)OC(C)(C)C. The molecule has 0 saturated carbocycles. The van der Waals surface area contributed by atoms with E-state index < -0.39 is 22.6 Å². The number of hydrogen-bond donors (Lipinski definition) is 2. The van der Waals surface area contributed by atoms with Crippen molar-refractivity contribution in [2.45, 2.75) is 51.2 Å². The molecule has 0 heterocycles. The van der Waals surface area contributed by atoms with Gasteiger partial charge in [0.1, 0.15) is 21.3 Å². The van der Waals surface area contributed by atoms with Crippen LogP contribution >= 0.6 is 0 Å². The van der Waals surface area contributed by atoms with Gasteiger partial charge in [-0.1, -0.05) is 0 Å². The number of amides is 1. The molecule has 0 aliphatic heterocycles. The normalized spacial score (nSPS) is 13.5. The predicted octanol–water partition coefficient (Wildman–Crippen LogP) is 0.273. The number of nitrogens with one attached hydrogen (secondary N) is 1. The summed E-state index contributed by atoms with van der Waals surface area (Å²) in [5.74, 6) is 0. The summed E-state index contributed by atoms with van der Waals surface area (Å²) in [5, 5.41) is 9.76. The van der Waals surface area contributed by atoms with Crippen LogP contribution in [0.4, 0.5) is 4.79 Å². The molecule has 0 aliphatic rings. The van der Waals surface area contributed by atoms with Gasteiger partial charge in [-0.15, -0.1) is 0 Å². The van der Waals surface area contributed by atoms with Gasteiger partial charge in [0.15, 0.2) is 0 Å². The van der Waals surface area contributed by atoms with Gasteiger partial charge in [-0.2, -0.15) is 0 Å². The molecule has 0 rings (SSSR count). The van der Waals surface area contributed by atoms with Crippen molar-refractivity contribution in [1.29, 1.82) is 0 Å². The third-order valence-corrected chi connectivity index (χ3v) is 1.81. The summed E-state index contributed by atoms with van der Waals surface area (Å²) >= 11 is 0. The average Bonchev–Trinajstić information content (AvgIpc) is 1.75. The van der Waals surface area contributed by atoms with E-state index in [9.17, 15) is 9.90 Å². The van der Waals surface area contributed by atoms with E-state index in [1.807, 2.05) is 0 Å². The first-order valence-corrected chi connectivity index (χ1v) is 4.66. The second-order valence-electron chi connectivity index (χ2n) is 5.08. The topological polar surface area (TPSA) is 58.6 Å². The lowest BCUT2D eigenvalue weighted by atomic mass is 9.55. The van der Waals surface area contributed by atoms with Crippen LogP contribution in [0.5, 0.6) is 0 Å². The molecule has 0 aliphatic carbocycles. The summed E-state index contributed by atoms with van der Waals surface area (Å²) in [5.41, 5.74) is -1.79. The molecular formula is C9H17B2NO3. The zero-order valence-corrected chi connectivity index (χ0v) is 9.92. The second-order valence-corrected chi connectivity index (χ2v) is 5.08. The van der Waals surface area contributed by atoms with Gasteiger partial charge >= 0.3 is 6.09 Å². The van der Waals surface area contributed by atoms with Crippen molar-refractivity contribution in [3.8, 4) is 0 Å². The fourth-order valence-corrected chi connectivity index (χ4v) is 0.659. The van der Waals surface area contributed by atoms with E-state index in [0.717, 1.165) is 0 Å². The minimum Gasteiger partial charge on any atom is -0.444 e. The first-order chi connectivity index (χ1) is 6.35. The Hall–Kier alpha value is -0.640. The Morgan fingerprint density at radius 1 is 1.20 bits per heavy atom. The number of alkyl carbamates (subject to hydrolysis) is 1. The van der Waals surface area contributed by atoms with Crippen molar-refractivity contribution in [3.63, 3.8) is 0 Å². The van der Waals surface area contributed by atoms with Crippen molar-refractivity contribution < 1.29 is 14.6 Å². The van der Waals surface area contributed by atoms with Gasteiger partial charge in [-0.3, -0.25) is 0 Å². The molecule has 1 amide bonds. The van der Waals surface area contributed by atoms with E-state index in [1.54, 1.807) is 20.8 Å². The number of carbonyl (C=O) groups excluding carboxylic acids is 1. The summed E-state index contributed by atoms with van der Waals surface area (Å²) in [6.45, 7) is 8.19. The maximum atomic E-state index is 11.4. The van der Waals surface area contributed by atoms with E-state index in [4.69, 9.17) is 20.4 Å². The van der Waals surface area contributed by atoms with E-state index in [0.29, 0.717) is 0 Å². The maximum Gasteiger partial charge on any atom is 0.408 e. The standard InChI is InChI=1S/C9H17B2NO3/c1-7(2,3)15-6(13)12-8(4,5)9(10,11)14/h14H,1-5H3,(H,12,13). The lowest BCUT2D eigenvalue weighted by Crippen LogP contribution is -2.62. The molecule has 0 fully saturated rings. The number of aliphatic hydroxyl groups is 1. The second kappa shape index (κ2) is 4.08. The Bertz CT molecular complexity index is 241. The van der Waals surface area contributed by atoms with Gasteiger partial charge in [0.05, 0.1) is 0 Å².